The third-order valence-electron chi connectivity index (χ3n) is 3.81. The van der Waals surface area contributed by atoms with E-state index in [-0.39, 0.29) is 12.5 Å². The number of fused-ring (bicyclic) bond motifs is 1. The average Bonchev–Trinajstić information content (AvgIpc) is 2.73. The number of hydrogen-bond donors (Lipinski definition) is 1. The minimum atomic E-state index is -0.172. The van der Waals surface area contributed by atoms with E-state index in [2.05, 4.69) is 5.32 Å². The van der Waals surface area contributed by atoms with Gasteiger partial charge >= 0.3 is 0 Å². The SMILES string of the molecule is COc1ccc(/C=C2\COc3ccc(C)cc3NC2=O)cc1OC. The molecule has 0 aromatic heterocycles. The first kappa shape index (κ1) is 15.9. The molecule has 124 valence electrons. The molecule has 0 aliphatic carbocycles. The van der Waals surface area contributed by atoms with Crippen molar-refractivity contribution < 1.29 is 19.0 Å². The second-order valence-corrected chi connectivity index (χ2v) is 5.53. The molecular weight excluding hydrogens is 306 g/mol. The third kappa shape index (κ3) is 3.20. The first-order chi connectivity index (χ1) is 11.6. The Balaban J connectivity index is 1.90. The fourth-order valence-electron chi connectivity index (χ4n) is 2.54. The van der Waals surface area contributed by atoms with E-state index in [1.54, 1.807) is 26.4 Å². The van der Waals surface area contributed by atoms with Gasteiger partial charge in [-0.3, -0.25) is 4.79 Å². The molecule has 24 heavy (non-hydrogen) atoms. The molecule has 5 heteroatoms. The Morgan fingerprint density at radius 3 is 2.62 bits per heavy atom. The molecule has 1 aliphatic rings. The Morgan fingerprint density at radius 1 is 1.08 bits per heavy atom. The lowest BCUT2D eigenvalue weighted by Gasteiger charge is -2.08. The minimum absolute atomic E-state index is 0.172. The average molecular weight is 325 g/mol. The zero-order valence-electron chi connectivity index (χ0n) is 13.9. The van der Waals surface area contributed by atoms with Crippen LogP contribution in [0.3, 0.4) is 0 Å². The highest BCUT2D eigenvalue weighted by molar-refractivity contribution is 6.08. The molecule has 0 atom stereocenters. The predicted molar refractivity (Wildman–Crippen MR) is 92.8 cm³/mol. The largest absolute Gasteiger partial charge is 0.493 e. The van der Waals surface area contributed by atoms with Crippen molar-refractivity contribution in [3.8, 4) is 17.2 Å². The van der Waals surface area contributed by atoms with Gasteiger partial charge in [0.1, 0.15) is 12.4 Å². The summed E-state index contributed by atoms with van der Waals surface area (Å²) in [6.07, 6.45) is 1.79. The van der Waals surface area contributed by atoms with Crippen molar-refractivity contribution in [3.05, 3.63) is 53.1 Å². The first-order valence-electron chi connectivity index (χ1n) is 7.58. The molecule has 0 radical (unpaired) electrons. The number of nitrogens with one attached hydrogen (secondary N) is 1. The number of anilines is 1. The van der Waals surface area contributed by atoms with Gasteiger partial charge in [-0.2, -0.15) is 0 Å². The van der Waals surface area contributed by atoms with Crippen molar-refractivity contribution >= 4 is 17.7 Å². The second-order valence-electron chi connectivity index (χ2n) is 5.53. The van der Waals surface area contributed by atoms with E-state index < -0.39 is 0 Å². The van der Waals surface area contributed by atoms with Crippen LogP contribution >= 0.6 is 0 Å². The summed E-state index contributed by atoms with van der Waals surface area (Å²) in [5.74, 6) is 1.75. The van der Waals surface area contributed by atoms with E-state index >= 15 is 0 Å². The molecule has 0 saturated carbocycles. The maximum Gasteiger partial charge on any atom is 0.255 e. The molecule has 3 rings (SSSR count). The zero-order chi connectivity index (χ0) is 17.1. The number of carbonyl (C=O) groups is 1. The van der Waals surface area contributed by atoms with Crippen LogP contribution in [-0.4, -0.2) is 26.7 Å². The number of benzene rings is 2. The lowest BCUT2D eigenvalue weighted by atomic mass is 10.1. The van der Waals surface area contributed by atoms with E-state index in [0.29, 0.717) is 28.5 Å². The van der Waals surface area contributed by atoms with E-state index in [9.17, 15) is 4.79 Å². The fraction of sp³-hybridized carbons (Fsp3) is 0.211. The summed E-state index contributed by atoms with van der Waals surface area (Å²) < 4.78 is 16.3. The Kier molecular flexibility index (Phi) is 4.42. The van der Waals surface area contributed by atoms with Crippen molar-refractivity contribution in [2.45, 2.75) is 6.92 Å². The molecular formula is C19H19NO4. The van der Waals surface area contributed by atoms with Crippen LogP contribution in [0.25, 0.3) is 6.08 Å². The van der Waals surface area contributed by atoms with Gasteiger partial charge < -0.3 is 19.5 Å². The van der Waals surface area contributed by atoms with Crippen molar-refractivity contribution in [1.29, 1.82) is 0 Å². The Hall–Kier alpha value is -2.95. The molecule has 1 aliphatic heterocycles. The number of ether oxygens (including phenoxy) is 3. The highest BCUT2D eigenvalue weighted by Crippen LogP contribution is 2.31. The summed E-state index contributed by atoms with van der Waals surface area (Å²) in [6.45, 7) is 2.17. The van der Waals surface area contributed by atoms with Gasteiger partial charge in [0.05, 0.1) is 25.5 Å². The Bertz CT molecular complexity index is 811. The standard InChI is InChI=1S/C19H19NO4/c1-12-4-6-16-15(8-12)20-19(21)14(11-24-16)9-13-5-7-17(22-2)18(10-13)23-3/h4-10H,11H2,1-3H3,(H,20,21)/b14-9+. The molecule has 1 heterocycles. The van der Waals surface area contributed by atoms with Crippen molar-refractivity contribution in [1.82, 2.24) is 0 Å². The summed E-state index contributed by atoms with van der Waals surface area (Å²) in [7, 11) is 3.16. The molecule has 1 N–H and O–H groups in total. The maximum atomic E-state index is 12.5. The predicted octanol–water partition coefficient (Wildman–Crippen LogP) is 3.43. The normalized spacial score (nSPS) is 15.1. The van der Waals surface area contributed by atoms with Crippen LogP contribution in [0.2, 0.25) is 0 Å². The molecule has 0 unspecified atom stereocenters. The summed E-state index contributed by atoms with van der Waals surface area (Å²) in [4.78, 5) is 12.5. The quantitative estimate of drug-likeness (QED) is 0.879. The lowest BCUT2D eigenvalue weighted by molar-refractivity contribution is -0.112. The zero-order valence-corrected chi connectivity index (χ0v) is 13.9. The molecule has 1 amide bonds. The van der Waals surface area contributed by atoms with Gasteiger partial charge in [0, 0.05) is 0 Å². The van der Waals surface area contributed by atoms with Crippen LogP contribution in [0, 0.1) is 6.92 Å². The Morgan fingerprint density at radius 2 is 1.88 bits per heavy atom. The molecule has 0 spiro atoms. The molecule has 0 fully saturated rings. The van der Waals surface area contributed by atoms with Crippen molar-refractivity contribution in [2.75, 3.05) is 26.1 Å². The van der Waals surface area contributed by atoms with Crippen molar-refractivity contribution in [2.24, 2.45) is 0 Å². The molecule has 0 bridgehead atoms. The topological polar surface area (TPSA) is 56.8 Å². The maximum absolute atomic E-state index is 12.5. The smallest absolute Gasteiger partial charge is 0.255 e. The molecule has 0 saturated heterocycles. The summed E-state index contributed by atoms with van der Waals surface area (Å²) in [5, 5.41) is 2.90. The number of rotatable bonds is 3. The van der Waals surface area contributed by atoms with Gasteiger partial charge in [-0.25, -0.2) is 0 Å². The molecule has 2 aromatic rings. The highest BCUT2D eigenvalue weighted by Gasteiger charge is 2.19. The number of carbonyl (C=O) groups excluding carboxylic acids is 1. The second kappa shape index (κ2) is 6.66. The summed E-state index contributed by atoms with van der Waals surface area (Å²) in [5.41, 5.74) is 3.13. The summed E-state index contributed by atoms with van der Waals surface area (Å²) in [6, 6.07) is 11.2. The van der Waals surface area contributed by atoms with E-state index in [1.165, 1.54) is 0 Å². The monoisotopic (exact) mass is 325 g/mol. The van der Waals surface area contributed by atoms with Crippen LogP contribution in [0.15, 0.2) is 42.0 Å². The summed E-state index contributed by atoms with van der Waals surface area (Å²) >= 11 is 0. The van der Waals surface area contributed by atoms with Crippen LogP contribution in [-0.2, 0) is 4.79 Å². The first-order valence-corrected chi connectivity index (χ1v) is 7.58. The Labute approximate surface area is 140 Å². The molecule has 5 nitrogen and oxygen atoms in total. The number of hydrogen-bond acceptors (Lipinski definition) is 4. The van der Waals surface area contributed by atoms with Crippen LogP contribution < -0.4 is 19.5 Å². The third-order valence-corrected chi connectivity index (χ3v) is 3.81. The number of amides is 1. The van der Waals surface area contributed by atoms with E-state index in [0.717, 1.165) is 11.1 Å². The van der Waals surface area contributed by atoms with Crippen LogP contribution in [0.5, 0.6) is 17.2 Å². The number of methoxy groups -OCH3 is 2. The van der Waals surface area contributed by atoms with Crippen molar-refractivity contribution in [3.63, 3.8) is 0 Å². The van der Waals surface area contributed by atoms with Gasteiger partial charge in [0.15, 0.2) is 11.5 Å². The van der Waals surface area contributed by atoms with Gasteiger partial charge in [-0.15, -0.1) is 0 Å². The van der Waals surface area contributed by atoms with Gasteiger partial charge in [0.25, 0.3) is 5.91 Å². The molecule has 2 aromatic carbocycles. The van der Waals surface area contributed by atoms with Gasteiger partial charge in [-0.05, 0) is 48.4 Å². The van der Waals surface area contributed by atoms with Gasteiger partial charge in [-0.1, -0.05) is 12.1 Å². The van der Waals surface area contributed by atoms with E-state index in [1.807, 2.05) is 37.3 Å². The van der Waals surface area contributed by atoms with Gasteiger partial charge in [0.2, 0.25) is 0 Å². The minimum Gasteiger partial charge on any atom is -0.493 e. The van der Waals surface area contributed by atoms with E-state index in [4.69, 9.17) is 14.2 Å². The highest BCUT2D eigenvalue weighted by atomic mass is 16.5. The fourth-order valence-corrected chi connectivity index (χ4v) is 2.54. The van der Waals surface area contributed by atoms with Crippen LogP contribution in [0.4, 0.5) is 5.69 Å². The van der Waals surface area contributed by atoms with Crippen LogP contribution in [0.1, 0.15) is 11.1 Å². The lowest BCUT2D eigenvalue weighted by Crippen LogP contribution is -2.15. The number of aryl methyl sites for hydroxylation is 1.